The molecule has 1 fully saturated rings. The van der Waals surface area contributed by atoms with Gasteiger partial charge in [0.15, 0.2) is 0 Å². The van der Waals surface area contributed by atoms with E-state index in [-0.39, 0.29) is 0 Å². The first-order chi connectivity index (χ1) is 8.58. The molecule has 1 aliphatic heterocycles. The Kier molecular flexibility index (Phi) is 7.87. The second kappa shape index (κ2) is 8.89. The maximum Gasteiger partial charge on any atom is 0.0480 e. The minimum atomic E-state index is 0.679. The molecule has 108 valence electrons. The van der Waals surface area contributed by atoms with Crippen LogP contribution in [0.25, 0.3) is 0 Å². The lowest BCUT2D eigenvalue weighted by Crippen LogP contribution is -2.41. The molecule has 0 bridgehead atoms. The standard InChI is InChI=1S/C15H32N2O/c1-13(2)11-17(12-14(3)4)8-7-16-15-5-9-18-10-6-15/h13-16H,5-12H2,1-4H3. The molecular weight excluding hydrogens is 224 g/mol. The van der Waals surface area contributed by atoms with Crippen LogP contribution in [0.4, 0.5) is 0 Å². The summed E-state index contributed by atoms with van der Waals surface area (Å²) in [6, 6.07) is 0.679. The smallest absolute Gasteiger partial charge is 0.0480 e. The summed E-state index contributed by atoms with van der Waals surface area (Å²) in [4.78, 5) is 2.60. The quantitative estimate of drug-likeness (QED) is 0.721. The van der Waals surface area contributed by atoms with Crippen molar-refractivity contribution in [1.29, 1.82) is 0 Å². The van der Waals surface area contributed by atoms with Crippen LogP contribution in [-0.2, 0) is 4.74 Å². The molecule has 0 aromatic heterocycles. The van der Waals surface area contributed by atoms with E-state index in [0.717, 1.165) is 31.6 Å². The van der Waals surface area contributed by atoms with E-state index in [1.54, 1.807) is 0 Å². The van der Waals surface area contributed by atoms with Gasteiger partial charge in [-0.2, -0.15) is 0 Å². The first-order valence-corrected chi connectivity index (χ1v) is 7.61. The van der Waals surface area contributed by atoms with Crippen LogP contribution in [0, 0.1) is 11.8 Å². The predicted octanol–water partition coefficient (Wildman–Crippen LogP) is 2.37. The largest absolute Gasteiger partial charge is 0.381 e. The Balaban J connectivity index is 2.18. The third-order valence-corrected chi connectivity index (χ3v) is 3.33. The molecule has 18 heavy (non-hydrogen) atoms. The van der Waals surface area contributed by atoms with Gasteiger partial charge in [0.25, 0.3) is 0 Å². The van der Waals surface area contributed by atoms with E-state index in [0.29, 0.717) is 6.04 Å². The van der Waals surface area contributed by atoms with Crippen molar-refractivity contribution >= 4 is 0 Å². The highest BCUT2D eigenvalue weighted by atomic mass is 16.5. The maximum atomic E-state index is 5.38. The Bertz CT molecular complexity index is 191. The highest BCUT2D eigenvalue weighted by Crippen LogP contribution is 2.06. The van der Waals surface area contributed by atoms with Crippen molar-refractivity contribution in [3.63, 3.8) is 0 Å². The molecule has 0 aliphatic carbocycles. The Hall–Kier alpha value is -0.120. The second-order valence-electron chi connectivity index (χ2n) is 6.39. The Morgan fingerprint density at radius 1 is 1.06 bits per heavy atom. The number of rotatable bonds is 8. The third-order valence-electron chi connectivity index (χ3n) is 3.33. The number of nitrogens with one attached hydrogen (secondary N) is 1. The van der Waals surface area contributed by atoms with E-state index < -0.39 is 0 Å². The maximum absolute atomic E-state index is 5.38. The lowest BCUT2D eigenvalue weighted by molar-refractivity contribution is 0.0769. The van der Waals surface area contributed by atoms with Crippen molar-refractivity contribution in [2.45, 2.75) is 46.6 Å². The van der Waals surface area contributed by atoms with Gasteiger partial charge in [-0.05, 0) is 24.7 Å². The highest BCUT2D eigenvalue weighted by molar-refractivity contribution is 4.71. The molecule has 1 aliphatic rings. The van der Waals surface area contributed by atoms with Gasteiger partial charge in [-0.15, -0.1) is 0 Å². The normalized spacial score (nSPS) is 18.2. The van der Waals surface area contributed by atoms with Crippen LogP contribution in [0.15, 0.2) is 0 Å². The fraction of sp³-hybridized carbons (Fsp3) is 1.00. The molecule has 1 N–H and O–H groups in total. The van der Waals surface area contributed by atoms with Crippen LogP contribution in [0.2, 0.25) is 0 Å². The molecule has 0 spiro atoms. The first kappa shape index (κ1) is 15.9. The Morgan fingerprint density at radius 3 is 2.11 bits per heavy atom. The monoisotopic (exact) mass is 256 g/mol. The molecule has 0 atom stereocenters. The van der Waals surface area contributed by atoms with Gasteiger partial charge < -0.3 is 15.0 Å². The Morgan fingerprint density at radius 2 is 1.61 bits per heavy atom. The summed E-state index contributed by atoms with van der Waals surface area (Å²) in [6.45, 7) is 15.8. The van der Waals surface area contributed by atoms with E-state index in [1.807, 2.05) is 0 Å². The predicted molar refractivity (Wildman–Crippen MR) is 78.0 cm³/mol. The summed E-state index contributed by atoms with van der Waals surface area (Å²) in [7, 11) is 0. The van der Waals surface area contributed by atoms with Crippen molar-refractivity contribution in [2.24, 2.45) is 11.8 Å². The average molecular weight is 256 g/mol. The number of nitrogens with zero attached hydrogens (tertiary/aromatic N) is 1. The molecule has 0 saturated carbocycles. The SMILES string of the molecule is CC(C)CN(CCNC1CCOCC1)CC(C)C. The van der Waals surface area contributed by atoms with Gasteiger partial charge in [-0.1, -0.05) is 27.7 Å². The zero-order valence-electron chi connectivity index (χ0n) is 12.7. The van der Waals surface area contributed by atoms with Crippen molar-refractivity contribution in [1.82, 2.24) is 10.2 Å². The zero-order valence-corrected chi connectivity index (χ0v) is 12.7. The molecule has 3 nitrogen and oxygen atoms in total. The van der Waals surface area contributed by atoms with Gasteiger partial charge >= 0.3 is 0 Å². The van der Waals surface area contributed by atoms with Crippen LogP contribution in [-0.4, -0.2) is 50.3 Å². The molecule has 3 heteroatoms. The van der Waals surface area contributed by atoms with Crippen molar-refractivity contribution in [3.05, 3.63) is 0 Å². The van der Waals surface area contributed by atoms with E-state index in [9.17, 15) is 0 Å². The molecule has 0 unspecified atom stereocenters. The van der Waals surface area contributed by atoms with Crippen molar-refractivity contribution in [2.75, 3.05) is 39.4 Å². The lowest BCUT2D eigenvalue weighted by Gasteiger charge is -2.28. The minimum absolute atomic E-state index is 0.679. The number of hydrogen-bond acceptors (Lipinski definition) is 3. The van der Waals surface area contributed by atoms with E-state index in [2.05, 4.69) is 37.9 Å². The van der Waals surface area contributed by atoms with Gasteiger partial charge in [0.1, 0.15) is 0 Å². The minimum Gasteiger partial charge on any atom is -0.381 e. The number of ether oxygens (including phenoxy) is 1. The van der Waals surface area contributed by atoms with Gasteiger partial charge in [-0.25, -0.2) is 0 Å². The average Bonchev–Trinajstić information content (AvgIpc) is 2.28. The fourth-order valence-electron chi connectivity index (χ4n) is 2.62. The molecule has 0 amide bonds. The van der Waals surface area contributed by atoms with E-state index in [4.69, 9.17) is 4.74 Å². The Labute approximate surface area is 113 Å². The molecule has 1 rings (SSSR count). The van der Waals surface area contributed by atoms with E-state index >= 15 is 0 Å². The van der Waals surface area contributed by atoms with Gasteiger partial charge in [0.05, 0.1) is 0 Å². The summed E-state index contributed by atoms with van der Waals surface area (Å²) in [5.74, 6) is 1.51. The molecule has 0 aromatic rings. The molecular formula is C15H32N2O. The van der Waals surface area contributed by atoms with Crippen LogP contribution >= 0.6 is 0 Å². The lowest BCUT2D eigenvalue weighted by atomic mass is 10.1. The summed E-state index contributed by atoms with van der Waals surface area (Å²) < 4.78 is 5.38. The molecule has 1 saturated heterocycles. The van der Waals surface area contributed by atoms with Crippen molar-refractivity contribution in [3.8, 4) is 0 Å². The topological polar surface area (TPSA) is 24.5 Å². The zero-order chi connectivity index (χ0) is 13.4. The molecule has 0 radical (unpaired) electrons. The summed E-state index contributed by atoms with van der Waals surface area (Å²) >= 11 is 0. The fourth-order valence-corrected chi connectivity index (χ4v) is 2.62. The first-order valence-electron chi connectivity index (χ1n) is 7.61. The molecule has 1 heterocycles. The van der Waals surface area contributed by atoms with E-state index in [1.165, 1.54) is 32.5 Å². The number of hydrogen-bond donors (Lipinski definition) is 1. The summed E-state index contributed by atoms with van der Waals surface area (Å²) in [5.41, 5.74) is 0. The second-order valence-corrected chi connectivity index (χ2v) is 6.39. The van der Waals surface area contributed by atoms with Crippen LogP contribution in [0.3, 0.4) is 0 Å². The van der Waals surface area contributed by atoms with Gasteiger partial charge in [0.2, 0.25) is 0 Å². The third kappa shape index (κ3) is 7.34. The van der Waals surface area contributed by atoms with Gasteiger partial charge in [0, 0.05) is 45.4 Å². The van der Waals surface area contributed by atoms with Crippen LogP contribution < -0.4 is 5.32 Å². The highest BCUT2D eigenvalue weighted by Gasteiger charge is 2.14. The van der Waals surface area contributed by atoms with Crippen molar-refractivity contribution < 1.29 is 4.74 Å². The molecule has 0 aromatic carbocycles. The van der Waals surface area contributed by atoms with Gasteiger partial charge in [-0.3, -0.25) is 0 Å². The van der Waals surface area contributed by atoms with Crippen LogP contribution in [0.1, 0.15) is 40.5 Å². The summed E-state index contributed by atoms with van der Waals surface area (Å²) in [5, 5.41) is 3.68. The van der Waals surface area contributed by atoms with Crippen LogP contribution in [0.5, 0.6) is 0 Å². The summed E-state index contributed by atoms with van der Waals surface area (Å²) in [6.07, 6.45) is 2.35.